The number of carbonyl (C=O) groups excluding carboxylic acids is 2. The van der Waals surface area contributed by atoms with E-state index < -0.39 is 9.52 Å². The van der Waals surface area contributed by atoms with Crippen molar-refractivity contribution in [3.8, 4) is 5.75 Å². The number of rotatable bonds is 7. The quantitative estimate of drug-likeness (QED) is 0.714. The Balaban J connectivity index is 2.67. The zero-order valence-corrected chi connectivity index (χ0v) is 16.4. The molecule has 1 unspecified atom stereocenters. The molecule has 0 radical (unpaired) electrons. The highest BCUT2D eigenvalue weighted by Gasteiger charge is 2.35. The largest absolute Gasteiger partial charge is 0.497 e. The maximum atomic E-state index is 12.4. The average Bonchev–Trinajstić information content (AvgIpc) is 2.48. The number of ether oxygens (including phenoxy) is 2. The Morgan fingerprint density at radius 2 is 1.87 bits per heavy atom. The van der Waals surface area contributed by atoms with Gasteiger partial charge in [0.1, 0.15) is 18.1 Å². The summed E-state index contributed by atoms with van der Waals surface area (Å²) in [7, 11) is 0.283. The lowest BCUT2D eigenvalue weighted by Gasteiger charge is -2.29. The van der Waals surface area contributed by atoms with Gasteiger partial charge >= 0.3 is 0 Å². The van der Waals surface area contributed by atoms with Crippen molar-refractivity contribution in [2.75, 3.05) is 7.11 Å². The number of methoxy groups -OCH3 is 1. The third-order valence-electron chi connectivity index (χ3n) is 3.86. The first kappa shape index (κ1) is 19.4. The van der Waals surface area contributed by atoms with Crippen LogP contribution in [0.2, 0.25) is 5.54 Å². The average molecular weight is 337 g/mol. The van der Waals surface area contributed by atoms with E-state index >= 15 is 0 Å². The van der Waals surface area contributed by atoms with Gasteiger partial charge in [0.25, 0.3) is 5.59 Å². The van der Waals surface area contributed by atoms with Crippen LogP contribution in [0.5, 0.6) is 5.75 Å². The van der Waals surface area contributed by atoms with Crippen molar-refractivity contribution in [3.05, 3.63) is 29.8 Å². The van der Waals surface area contributed by atoms with Crippen LogP contribution in [0.1, 0.15) is 40.2 Å². The van der Waals surface area contributed by atoms with Gasteiger partial charge in [-0.15, -0.1) is 0 Å². The lowest BCUT2D eigenvalue weighted by atomic mass is 9.86. The standard InChI is InChI=1S/C18H28O4Si/c1-12(2)15(19)16(18(3,4)5)23-17(20)22-11-13-8-7-9-14(10-13)21-6/h7-10,12,16H,11,23H2,1-6H3. The Morgan fingerprint density at radius 1 is 1.22 bits per heavy atom. The van der Waals surface area contributed by atoms with Gasteiger partial charge in [0, 0.05) is 11.5 Å². The van der Waals surface area contributed by atoms with E-state index in [4.69, 9.17) is 9.47 Å². The maximum Gasteiger partial charge on any atom is 0.265 e. The zero-order chi connectivity index (χ0) is 17.6. The van der Waals surface area contributed by atoms with Gasteiger partial charge in [-0.25, -0.2) is 0 Å². The van der Waals surface area contributed by atoms with Crippen molar-refractivity contribution in [1.82, 2.24) is 0 Å². The molecule has 0 aromatic heterocycles. The van der Waals surface area contributed by atoms with Crippen molar-refractivity contribution in [2.45, 2.75) is 46.8 Å². The first-order valence-corrected chi connectivity index (χ1v) is 9.49. The second-order valence-electron chi connectivity index (χ2n) is 7.19. The van der Waals surface area contributed by atoms with Crippen LogP contribution in [0.15, 0.2) is 24.3 Å². The molecule has 0 spiro atoms. The minimum absolute atomic E-state index is 0.0575. The molecule has 4 nitrogen and oxygen atoms in total. The second kappa shape index (κ2) is 8.29. The number of ketones is 1. The molecule has 1 aromatic carbocycles. The minimum Gasteiger partial charge on any atom is -0.497 e. The second-order valence-corrected chi connectivity index (χ2v) is 8.99. The van der Waals surface area contributed by atoms with Crippen LogP contribution in [0.25, 0.3) is 0 Å². The molecule has 5 heteroatoms. The van der Waals surface area contributed by atoms with Crippen molar-refractivity contribution < 1.29 is 19.1 Å². The molecule has 128 valence electrons. The SMILES string of the molecule is COc1cccc(COC(=O)[SiH2]C(C(=O)C(C)C)C(C)(C)C)c1. The molecular formula is C18H28O4Si. The van der Waals surface area contributed by atoms with E-state index in [9.17, 15) is 9.59 Å². The molecule has 0 saturated heterocycles. The number of Topliss-reactive ketones (excluding diaryl/α,β-unsaturated/α-hetero) is 1. The Morgan fingerprint density at radius 3 is 2.39 bits per heavy atom. The smallest absolute Gasteiger partial charge is 0.265 e. The molecule has 0 aliphatic heterocycles. The number of benzene rings is 1. The van der Waals surface area contributed by atoms with Gasteiger partial charge in [-0.1, -0.05) is 46.8 Å². The number of carbonyl (C=O) groups is 2. The molecule has 0 fully saturated rings. The van der Waals surface area contributed by atoms with Crippen LogP contribution in [0.3, 0.4) is 0 Å². The monoisotopic (exact) mass is 336 g/mol. The van der Waals surface area contributed by atoms with E-state index in [-0.39, 0.29) is 34.9 Å². The predicted molar refractivity (Wildman–Crippen MR) is 94.8 cm³/mol. The van der Waals surface area contributed by atoms with Gasteiger partial charge in [-0.3, -0.25) is 9.59 Å². The van der Waals surface area contributed by atoms with Crippen LogP contribution in [0, 0.1) is 11.3 Å². The first-order chi connectivity index (χ1) is 10.6. The molecule has 0 saturated carbocycles. The van der Waals surface area contributed by atoms with Crippen LogP contribution in [-0.4, -0.2) is 28.0 Å². The van der Waals surface area contributed by atoms with Gasteiger partial charge in [0.2, 0.25) is 0 Å². The molecule has 0 aliphatic rings. The summed E-state index contributed by atoms with van der Waals surface area (Å²) in [6.45, 7) is 10.0. The first-order valence-electron chi connectivity index (χ1n) is 7.97. The Kier molecular flexibility index (Phi) is 7.00. The van der Waals surface area contributed by atoms with E-state index in [1.807, 2.05) is 58.9 Å². The molecule has 0 N–H and O–H groups in total. The third-order valence-corrected chi connectivity index (χ3v) is 6.44. The highest BCUT2D eigenvalue weighted by Crippen LogP contribution is 2.33. The summed E-state index contributed by atoms with van der Waals surface area (Å²) in [5.74, 6) is 0.846. The molecule has 0 aliphatic carbocycles. The maximum absolute atomic E-state index is 12.4. The minimum atomic E-state index is -1.32. The number of hydrogen-bond donors (Lipinski definition) is 0. The Hall–Kier alpha value is -1.62. The molecule has 1 aromatic rings. The topological polar surface area (TPSA) is 52.6 Å². The van der Waals surface area contributed by atoms with E-state index in [2.05, 4.69) is 0 Å². The molecule has 0 bridgehead atoms. The fourth-order valence-electron chi connectivity index (χ4n) is 2.39. The van der Waals surface area contributed by atoms with Crippen molar-refractivity contribution in [2.24, 2.45) is 11.3 Å². The van der Waals surface area contributed by atoms with Gasteiger partial charge in [0.15, 0.2) is 9.52 Å². The normalized spacial score (nSPS) is 13.3. The highest BCUT2D eigenvalue weighted by atomic mass is 28.2. The van der Waals surface area contributed by atoms with Gasteiger partial charge in [-0.05, 0) is 23.1 Å². The lowest BCUT2D eigenvalue weighted by Crippen LogP contribution is -2.34. The molecule has 0 amide bonds. The summed E-state index contributed by atoms with van der Waals surface area (Å²) in [5, 5.41) is 0. The molecule has 1 rings (SSSR count). The summed E-state index contributed by atoms with van der Waals surface area (Å²) >= 11 is 0. The van der Waals surface area contributed by atoms with Crippen LogP contribution < -0.4 is 4.74 Å². The van der Waals surface area contributed by atoms with E-state index in [1.54, 1.807) is 7.11 Å². The molecule has 0 heterocycles. The van der Waals surface area contributed by atoms with Gasteiger partial charge in [-0.2, -0.15) is 0 Å². The molecular weight excluding hydrogens is 308 g/mol. The zero-order valence-electron chi connectivity index (χ0n) is 15.0. The highest BCUT2D eigenvalue weighted by molar-refractivity contribution is 6.76. The third kappa shape index (κ3) is 6.18. The van der Waals surface area contributed by atoms with E-state index in [0.29, 0.717) is 0 Å². The Labute approximate surface area is 141 Å². The molecule has 23 heavy (non-hydrogen) atoms. The van der Waals surface area contributed by atoms with E-state index in [1.165, 1.54) is 0 Å². The van der Waals surface area contributed by atoms with Gasteiger partial charge in [0.05, 0.1) is 7.11 Å². The summed E-state index contributed by atoms with van der Waals surface area (Å²) < 4.78 is 10.6. The lowest BCUT2D eigenvalue weighted by molar-refractivity contribution is -0.123. The summed E-state index contributed by atoms with van der Waals surface area (Å²) in [5.41, 5.74) is 0.277. The fourth-order valence-corrected chi connectivity index (χ4v) is 4.23. The molecule has 1 atom stereocenters. The van der Waals surface area contributed by atoms with Crippen LogP contribution in [0.4, 0.5) is 4.79 Å². The predicted octanol–water partition coefficient (Wildman–Crippen LogP) is 3.56. The van der Waals surface area contributed by atoms with Crippen LogP contribution >= 0.6 is 0 Å². The van der Waals surface area contributed by atoms with Crippen molar-refractivity contribution in [3.63, 3.8) is 0 Å². The summed E-state index contributed by atoms with van der Waals surface area (Å²) in [4.78, 5) is 24.6. The summed E-state index contributed by atoms with van der Waals surface area (Å²) in [6, 6.07) is 7.43. The Bertz CT molecular complexity index is 546. The fraction of sp³-hybridized carbons (Fsp3) is 0.556. The number of hydrogen-bond acceptors (Lipinski definition) is 4. The van der Waals surface area contributed by atoms with Crippen LogP contribution in [-0.2, 0) is 16.1 Å². The van der Waals surface area contributed by atoms with Crippen molar-refractivity contribution in [1.29, 1.82) is 0 Å². The van der Waals surface area contributed by atoms with E-state index in [0.717, 1.165) is 11.3 Å². The van der Waals surface area contributed by atoms with Gasteiger partial charge < -0.3 is 9.47 Å². The summed E-state index contributed by atoms with van der Waals surface area (Å²) in [6.07, 6.45) is 0. The van der Waals surface area contributed by atoms with Crippen molar-refractivity contribution >= 4 is 20.9 Å².